The van der Waals surface area contributed by atoms with Crippen LogP contribution in [-0.2, 0) is 0 Å². The molecule has 0 saturated carbocycles. The lowest BCUT2D eigenvalue weighted by Crippen LogP contribution is -2.17. The first-order valence-corrected chi connectivity index (χ1v) is 6.85. The van der Waals surface area contributed by atoms with Gasteiger partial charge in [-0.05, 0) is 24.3 Å². The van der Waals surface area contributed by atoms with E-state index >= 15 is 0 Å². The Hall–Kier alpha value is -3.42. The molecule has 124 valence electrons. The molecule has 0 spiro atoms. The third-order valence-corrected chi connectivity index (χ3v) is 3.14. The Bertz CT molecular complexity index is 772. The molecule has 0 unspecified atom stereocenters. The predicted octanol–water partition coefficient (Wildman–Crippen LogP) is 2.38. The fourth-order valence-electron chi connectivity index (χ4n) is 1.97. The molecule has 0 bridgehead atoms. The maximum absolute atomic E-state index is 11.9. The molecule has 0 heterocycles. The van der Waals surface area contributed by atoms with Gasteiger partial charge in [0.15, 0.2) is 11.5 Å². The minimum absolute atomic E-state index is 0.0869. The van der Waals surface area contributed by atoms with E-state index in [1.807, 2.05) is 0 Å². The van der Waals surface area contributed by atoms with E-state index in [-0.39, 0.29) is 11.3 Å². The van der Waals surface area contributed by atoms with Crippen molar-refractivity contribution in [2.24, 2.45) is 5.10 Å². The number of carbonyl (C=O) groups is 1. The van der Waals surface area contributed by atoms with Crippen LogP contribution in [-0.4, -0.2) is 31.3 Å². The van der Waals surface area contributed by atoms with E-state index in [0.717, 1.165) is 0 Å². The number of amides is 1. The van der Waals surface area contributed by atoms with E-state index < -0.39 is 10.8 Å². The number of benzene rings is 2. The fraction of sp³-hybridized carbons (Fsp3) is 0.125. The maximum Gasteiger partial charge on any atom is 0.271 e. The molecule has 8 nitrogen and oxygen atoms in total. The van der Waals surface area contributed by atoms with Crippen LogP contribution in [0.15, 0.2) is 47.6 Å². The quantitative estimate of drug-likeness (QED) is 0.498. The summed E-state index contributed by atoms with van der Waals surface area (Å²) in [4.78, 5) is 22.0. The van der Waals surface area contributed by atoms with E-state index in [9.17, 15) is 14.9 Å². The van der Waals surface area contributed by atoms with Crippen LogP contribution in [0, 0.1) is 10.1 Å². The van der Waals surface area contributed by atoms with Gasteiger partial charge < -0.3 is 9.47 Å². The molecule has 0 saturated heterocycles. The Labute approximate surface area is 137 Å². The van der Waals surface area contributed by atoms with Crippen molar-refractivity contribution in [3.8, 4) is 11.5 Å². The van der Waals surface area contributed by atoms with Gasteiger partial charge in [0.1, 0.15) is 0 Å². The zero-order valence-electron chi connectivity index (χ0n) is 13.1. The van der Waals surface area contributed by atoms with Crippen molar-refractivity contribution in [2.75, 3.05) is 14.2 Å². The molecule has 0 aromatic heterocycles. The minimum atomic E-state index is -0.533. The van der Waals surface area contributed by atoms with Crippen LogP contribution in [0.25, 0.3) is 0 Å². The topological polar surface area (TPSA) is 103 Å². The summed E-state index contributed by atoms with van der Waals surface area (Å²) in [7, 11) is 3.03. The standard InChI is InChI=1S/C16H15N3O5/c1-23-14-5-3-4-12(15(14)24-2)10-17-18-16(20)11-6-8-13(9-7-11)19(21)22/h3-10H,1-2H3,(H,18,20)/b17-10+. The van der Waals surface area contributed by atoms with Crippen molar-refractivity contribution in [1.82, 2.24) is 5.43 Å². The molecular formula is C16H15N3O5. The number of rotatable bonds is 6. The Morgan fingerprint density at radius 1 is 1.17 bits per heavy atom. The van der Waals surface area contributed by atoms with Gasteiger partial charge in [-0.2, -0.15) is 5.10 Å². The van der Waals surface area contributed by atoms with Gasteiger partial charge in [-0.3, -0.25) is 14.9 Å². The number of hydrogen-bond acceptors (Lipinski definition) is 6. The van der Waals surface area contributed by atoms with Gasteiger partial charge in [0.25, 0.3) is 11.6 Å². The molecule has 0 aliphatic rings. The van der Waals surface area contributed by atoms with Crippen LogP contribution < -0.4 is 14.9 Å². The molecule has 0 aliphatic carbocycles. The van der Waals surface area contributed by atoms with Gasteiger partial charge >= 0.3 is 0 Å². The first-order valence-electron chi connectivity index (χ1n) is 6.85. The molecule has 2 aromatic carbocycles. The molecule has 0 radical (unpaired) electrons. The van der Waals surface area contributed by atoms with Gasteiger partial charge in [-0.25, -0.2) is 5.43 Å². The monoisotopic (exact) mass is 329 g/mol. The van der Waals surface area contributed by atoms with Crippen molar-refractivity contribution in [2.45, 2.75) is 0 Å². The zero-order valence-corrected chi connectivity index (χ0v) is 13.1. The van der Waals surface area contributed by atoms with E-state index in [2.05, 4.69) is 10.5 Å². The normalized spacial score (nSPS) is 10.4. The Morgan fingerprint density at radius 2 is 1.88 bits per heavy atom. The summed E-state index contributed by atoms with van der Waals surface area (Å²) in [5, 5.41) is 14.4. The third-order valence-electron chi connectivity index (χ3n) is 3.14. The lowest BCUT2D eigenvalue weighted by atomic mass is 10.2. The second-order valence-corrected chi connectivity index (χ2v) is 4.59. The van der Waals surface area contributed by atoms with E-state index in [4.69, 9.17) is 9.47 Å². The summed E-state index contributed by atoms with van der Waals surface area (Å²) >= 11 is 0. The van der Waals surface area contributed by atoms with Crippen molar-refractivity contribution in [3.05, 3.63) is 63.7 Å². The van der Waals surface area contributed by atoms with Crippen LogP contribution >= 0.6 is 0 Å². The molecule has 0 aliphatic heterocycles. The zero-order chi connectivity index (χ0) is 17.5. The molecule has 1 amide bonds. The van der Waals surface area contributed by atoms with E-state index in [1.165, 1.54) is 44.7 Å². The van der Waals surface area contributed by atoms with Crippen molar-refractivity contribution in [3.63, 3.8) is 0 Å². The Kier molecular flexibility index (Phi) is 5.45. The first kappa shape index (κ1) is 16.9. The van der Waals surface area contributed by atoms with Crippen LogP contribution in [0.1, 0.15) is 15.9 Å². The smallest absolute Gasteiger partial charge is 0.271 e. The summed E-state index contributed by atoms with van der Waals surface area (Å²) in [6, 6.07) is 10.5. The lowest BCUT2D eigenvalue weighted by Gasteiger charge is -2.09. The molecule has 8 heteroatoms. The fourth-order valence-corrected chi connectivity index (χ4v) is 1.97. The predicted molar refractivity (Wildman–Crippen MR) is 87.7 cm³/mol. The molecule has 0 atom stereocenters. The number of nitrogens with zero attached hydrogens (tertiary/aromatic N) is 2. The van der Waals surface area contributed by atoms with Gasteiger partial charge in [0, 0.05) is 23.3 Å². The van der Waals surface area contributed by atoms with Crippen molar-refractivity contribution < 1.29 is 19.2 Å². The number of nitro groups is 1. The highest BCUT2D eigenvalue weighted by molar-refractivity contribution is 5.95. The summed E-state index contributed by atoms with van der Waals surface area (Å²) in [6.07, 6.45) is 1.42. The van der Waals surface area contributed by atoms with E-state index in [1.54, 1.807) is 18.2 Å². The van der Waals surface area contributed by atoms with Crippen LogP contribution in [0.4, 0.5) is 5.69 Å². The third kappa shape index (κ3) is 3.86. The second-order valence-electron chi connectivity index (χ2n) is 4.59. The van der Waals surface area contributed by atoms with Crippen LogP contribution in [0.2, 0.25) is 0 Å². The number of hydrogen-bond donors (Lipinski definition) is 1. The summed E-state index contributed by atoms with van der Waals surface area (Å²) in [5.41, 5.74) is 3.15. The van der Waals surface area contributed by atoms with E-state index in [0.29, 0.717) is 17.1 Å². The lowest BCUT2D eigenvalue weighted by molar-refractivity contribution is -0.384. The number of methoxy groups -OCH3 is 2. The number of nitrogens with one attached hydrogen (secondary N) is 1. The van der Waals surface area contributed by atoms with Crippen molar-refractivity contribution in [1.29, 1.82) is 0 Å². The number of carbonyl (C=O) groups excluding carboxylic acids is 1. The highest BCUT2D eigenvalue weighted by Gasteiger charge is 2.10. The van der Waals surface area contributed by atoms with Crippen LogP contribution in [0.5, 0.6) is 11.5 Å². The van der Waals surface area contributed by atoms with Gasteiger partial charge in [0.05, 0.1) is 25.4 Å². The average Bonchev–Trinajstić information content (AvgIpc) is 2.61. The highest BCUT2D eigenvalue weighted by atomic mass is 16.6. The number of hydrazone groups is 1. The largest absolute Gasteiger partial charge is 0.493 e. The van der Waals surface area contributed by atoms with Gasteiger partial charge in [-0.1, -0.05) is 6.07 Å². The minimum Gasteiger partial charge on any atom is -0.493 e. The molecule has 2 aromatic rings. The number of para-hydroxylation sites is 1. The molecule has 0 fully saturated rings. The SMILES string of the molecule is COc1cccc(/C=N/NC(=O)c2ccc([N+](=O)[O-])cc2)c1OC. The number of non-ortho nitro benzene ring substituents is 1. The number of ether oxygens (including phenoxy) is 2. The highest BCUT2D eigenvalue weighted by Crippen LogP contribution is 2.29. The molecule has 2 rings (SSSR count). The van der Waals surface area contributed by atoms with Gasteiger partial charge in [-0.15, -0.1) is 0 Å². The second kappa shape index (κ2) is 7.73. The summed E-state index contributed by atoms with van der Waals surface area (Å²) in [5.74, 6) is 0.555. The summed E-state index contributed by atoms with van der Waals surface area (Å²) in [6.45, 7) is 0. The molecular weight excluding hydrogens is 314 g/mol. The van der Waals surface area contributed by atoms with Gasteiger partial charge in [0.2, 0.25) is 0 Å². The Balaban J connectivity index is 2.08. The number of nitro benzene ring substituents is 1. The Morgan fingerprint density at radius 3 is 2.46 bits per heavy atom. The average molecular weight is 329 g/mol. The molecule has 24 heavy (non-hydrogen) atoms. The summed E-state index contributed by atoms with van der Waals surface area (Å²) < 4.78 is 10.4. The first-order chi connectivity index (χ1) is 11.6. The molecule has 1 N–H and O–H groups in total. The van der Waals surface area contributed by atoms with Crippen molar-refractivity contribution >= 4 is 17.8 Å². The van der Waals surface area contributed by atoms with Crippen LogP contribution in [0.3, 0.4) is 0 Å². The maximum atomic E-state index is 11.9.